The summed E-state index contributed by atoms with van der Waals surface area (Å²) in [6.45, 7) is 4.89. The minimum atomic E-state index is -1.02. The quantitative estimate of drug-likeness (QED) is 0.0162. The molecule has 6 aromatic carbocycles. The molecule has 0 saturated heterocycles. The van der Waals surface area contributed by atoms with Crippen molar-refractivity contribution >= 4 is 96.1 Å². The van der Waals surface area contributed by atoms with Crippen LogP contribution in [-0.2, 0) is 49.3 Å². The fourth-order valence-corrected chi connectivity index (χ4v) is 12.5. The number of benzene rings is 6. The van der Waals surface area contributed by atoms with Gasteiger partial charge in [0.15, 0.2) is 23.6 Å². The Hall–Kier alpha value is -6.17. The number of ether oxygens (including phenoxy) is 9. The van der Waals surface area contributed by atoms with E-state index in [0.717, 1.165) is 5.56 Å². The first kappa shape index (κ1) is 53.6. The molecule has 2 aliphatic heterocycles. The van der Waals surface area contributed by atoms with Crippen molar-refractivity contribution in [3.63, 3.8) is 0 Å². The van der Waals surface area contributed by atoms with Gasteiger partial charge < -0.3 is 68.4 Å². The van der Waals surface area contributed by atoms with Crippen LogP contribution in [-0.4, -0.2) is 162 Å². The summed E-state index contributed by atoms with van der Waals surface area (Å²) in [5.41, 5.74) is 2.71. The largest absolute Gasteiger partial charge is 0.505 e. The number of phenols is 2. The molecule has 3 atom stereocenters. The van der Waals surface area contributed by atoms with Gasteiger partial charge in [-0.3, -0.25) is 14.8 Å². The van der Waals surface area contributed by atoms with E-state index < -0.39 is 29.9 Å². The highest BCUT2D eigenvalue weighted by Crippen LogP contribution is 2.60. The van der Waals surface area contributed by atoms with Crippen molar-refractivity contribution in [2.45, 2.75) is 48.2 Å². The van der Waals surface area contributed by atoms with Gasteiger partial charge in [0.2, 0.25) is 0 Å². The summed E-state index contributed by atoms with van der Waals surface area (Å²) in [5.74, 6) is -1.89. The first-order valence-electron chi connectivity index (χ1n) is 24.5. The summed E-state index contributed by atoms with van der Waals surface area (Å²) in [7, 11) is 4.47. The van der Waals surface area contributed by atoms with Crippen LogP contribution in [0.4, 0.5) is 5.69 Å². The molecule has 0 radical (unpaired) electrons. The molecule has 0 saturated carbocycles. The van der Waals surface area contributed by atoms with Crippen LogP contribution in [0.3, 0.4) is 0 Å². The molecule has 0 spiro atoms. The Morgan fingerprint density at radius 1 is 0.613 bits per heavy atom. The lowest BCUT2D eigenvalue weighted by molar-refractivity contribution is -0.147. The average molecular weight is 1070 g/mol. The van der Waals surface area contributed by atoms with Crippen molar-refractivity contribution in [1.29, 1.82) is 0 Å². The maximum atomic E-state index is 14.3. The molecular formula is C54H59N3O16S2. The van der Waals surface area contributed by atoms with E-state index in [2.05, 4.69) is 5.32 Å². The van der Waals surface area contributed by atoms with Gasteiger partial charge >= 0.3 is 11.9 Å². The van der Waals surface area contributed by atoms with E-state index in [1.807, 2.05) is 43.3 Å². The molecular weight excluding hydrogens is 1010 g/mol. The number of allylic oxidation sites excluding steroid dienone is 1. The predicted molar refractivity (Wildman–Crippen MR) is 282 cm³/mol. The van der Waals surface area contributed by atoms with E-state index in [1.165, 1.54) is 51.8 Å². The zero-order valence-corrected chi connectivity index (χ0v) is 43.8. The van der Waals surface area contributed by atoms with Crippen molar-refractivity contribution in [2.24, 2.45) is 9.98 Å². The van der Waals surface area contributed by atoms with Crippen molar-refractivity contribution < 1.29 is 77.4 Å². The molecule has 21 heteroatoms. The van der Waals surface area contributed by atoms with Crippen LogP contribution in [0.2, 0.25) is 0 Å². The van der Waals surface area contributed by atoms with Crippen LogP contribution >= 0.6 is 23.5 Å². The van der Waals surface area contributed by atoms with E-state index in [4.69, 9.17) is 62.8 Å². The first-order valence-corrected chi connectivity index (χ1v) is 26.4. The third-order valence-electron chi connectivity index (χ3n) is 13.2. The standard InChI is InChI=1S/C54H59N3O16S2/c1-27-23-30-34-35-37-40(50(67-5)52-45(42(37)47(62)48(65-3)38(35)33(27)28(2)60)57-32(26-75-52)54(64)73-22-20-71-18-16-69-14-12-59)39-36(34)41(46(61)43(30)55-24-29-9-7-6-8-10-29)44-51(49(39)66-4)74-25-31(56-44)53(63)72-21-19-70-17-15-68-13-11-58/h6-10,23,31-33,55,58-59,61-62H,11-22,24-26H2,1-5H3. The number of rotatable bonds is 25. The van der Waals surface area contributed by atoms with E-state index in [9.17, 15) is 24.6 Å². The summed E-state index contributed by atoms with van der Waals surface area (Å²) in [6.07, 6.45) is 1.87. The number of aromatic hydroxyl groups is 2. The number of hydrogen-bond acceptors (Lipinski definition) is 21. The van der Waals surface area contributed by atoms with E-state index >= 15 is 0 Å². The maximum Gasteiger partial charge on any atom is 0.331 e. The monoisotopic (exact) mass is 1070 g/mol. The summed E-state index contributed by atoms with van der Waals surface area (Å²) < 4.78 is 52.0. The lowest BCUT2D eigenvalue weighted by Crippen LogP contribution is -2.32. The smallest absolute Gasteiger partial charge is 0.331 e. The number of carbonyl (C=O) groups is 3. The number of anilines is 1. The van der Waals surface area contributed by atoms with Crippen molar-refractivity contribution in [3.8, 4) is 28.7 Å². The van der Waals surface area contributed by atoms with Crippen molar-refractivity contribution in [1.82, 2.24) is 0 Å². The Bertz CT molecular complexity index is 3320. The molecule has 9 rings (SSSR count). The lowest BCUT2D eigenvalue weighted by atomic mass is 9.80. The average Bonchev–Trinajstić information content (AvgIpc) is 3.71. The van der Waals surface area contributed by atoms with E-state index in [-0.39, 0.29) is 142 Å². The Morgan fingerprint density at radius 2 is 1.09 bits per heavy atom. The molecule has 5 N–H and O–H groups in total. The number of ketones is 1. The number of fused-ring (bicyclic) bond motifs is 5. The van der Waals surface area contributed by atoms with E-state index in [0.29, 0.717) is 76.0 Å². The number of carbonyl (C=O) groups excluding carboxylic acids is 3. The van der Waals surface area contributed by atoms with Gasteiger partial charge in [-0.25, -0.2) is 9.59 Å². The predicted octanol–water partition coefficient (Wildman–Crippen LogP) is 5.20. The van der Waals surface area contributed by atoms with Crippen LogP contribution in [0.25, 0.3) is 49.2 Å². The highest BCUT2D eigenvalue weighted by Gasteiger charge is 2.40. The van der Waals surface area contributed by atoms with Gasteiger partial charge in [0, 0.05) is 56.1 Å². The second-order valence-electron chi connectivity index (χ2n) is 17.8. The van der Waals surface area contributed by atoms with Gasteiger partial charge in [-0.05, 0) is 24.8 Å². The highest BCUT2D eigenvalue weighted by molar-refractivity contribution is 7.99. The second kappa shape index (κ2) is 23.8. The SMILES string of the molecule is COc1c(O)c2c3c(c(OC)c4c5c(OC)c6c(c7c(O)c(NCc8ccccc8)c8c(c(c1C(C(C)=O)C(C)=C8)c24)c75)=NC(C(=O)OCCOCCOCCO)CS6)SCC(C(=O)OCCOCCOCCO)N=3. The molecule has 0 bridgehead atoms. The number of thioether (sulfide) groups is 2. The number of nitrogens with one attached hydrogen (secondary N) is 1. The summed E-state index contributed by atoms with van der Waals surface area (Å²) in [6, 6.07) is 7.63. The topological polar surface area (TPSA) is 252 Å². The third-order valence-corrected chi connectivity index (χ3v) is 15.5. The minimum Gasteiger partial charge on any atom is -0.505 e. The van der Waals surface area contributed by atoms with Crippen LogP contribution in [0.15, 0.2) is 55.7 Å². The fraction of sp³-hybridized carbons (Fsp3) is 0.426. The molecule has 0 fully saturated rings. The molecule has 6 aromatic rings. The van der Waals surface area contributed by atoms with Gasteiger partial charge in [-0.15, -0.1) is 23.5 Å². The normalized spacial score (nSPS) is 16.8. The zero-order chi connectivity index (χ0) is 52.9. The second-order valence-corrected chi connectivity index (χ2v) is 19.8. The molecule has 19 nitrogen and oxygen atoms in total. The van der Waals surface area contributed by atoms with Crippen LogP contribution in [0.1, 0.15) is 36.5 Å². The fourth-order valence-electron chi connectivity index (χ4n) is 10.2. The number of Topliss-reactive ketones (excluding diaryl/α,β-unsaturated/α-hetero) is 1. The molecule has 2 heterocycles. The minimum absolute atomic E-state index is 0.0137. The van der Waals surface area contributed by atoms with Gasteiger partial charge in [0.25, 0.3) is 0 Å². The van der Waals surface area contributed by atoms with Crippen LogP contribution in [0, 0.1) is 0 Å². The number of aliphatic hydroxyl groups excluding tert-OH is 2. The lowest BCUT2D eigenvalue weighted by Gasteiger charge is -2.29. The summed E-state index contributed by atoms with van der Waals surface area (Å²) in [4.78, 5) is 53.1. The number of nitrogens with zero attached hydrogens (tertiary/aromatic N) is 2. The van der Waals surface area contributed by atoms with Crippen LogP contribution in [0.5, 0.6) is 28.7 Å². The van der Waals surface area contributed by atoms with Crippen LogP contribution < -0.4 is 30.2 Å². The summed E-state index contributed by atoms with van der Waals surface area (Å²) >= 11 is 2.61. The number of hydrogen-bond donors (Lipinski definition) is 5. The molecule has 3 aliphatic rings. The Balaban J connectivity index is 1.33. The first-order chi connectivity index (χ1) is 36.5. The molecule has 0 aromatic heterocycles. The van der Waals surface area contributed by atoms with Crippen molar-refractivity contribution in [2.75, 3.05) is 117 Å². The van der Waals surface area contributed by atoms with Gasteiger partial charge in [-0.1, -0.05) is 42.0 Å². The molecule has 75 heavy (non-hydrogen) atoms. The van der Waals surface area contributed by atoms with Crippen molar-refractivity contribution in [3.05, 3.63) is 63.3 Å². The maximum absolute atomic E-state index is 14.3. The van der Waals surface area contributed by atoms with Gasteiger partial charge in [-0.2, -0.15) is 0 Å². The highest BCUT2D eigenvalue weighted by atomic mass is 32.2. The molecule has 398 valence electrons. The Labute approximate surface area is 439 Å². The number of methoxy groups -OCH3 is 3. The third kappa shape index (κ3) is 10.1. The molecule has 1 aliphatic carbocycles. The number of esters is 2. The summed E-state index contributed by atoms with van der Waals surface area (Å²) in [5, 5.41) is 51.4. The molecule has 3 unspecified atom stereocenters. The Kier molecular flexibility index (Phi) is 17.0. The van der Waals surface area contributed by atoms with E-state index in [1.54, 1.807) is 0 Å². The number of aliphatic hydroxyl groups is 2. The Morgan fingerprint density at radius 3 is 1.59 bits per heavy atom. The van der Waals surface area contributed by atoms with Gasteiger partial charge in [0.05, 0.1) is 130 Å². The number of phenolic OH excluding ortho intramolecular Hbond substituents is 2. The van der Waals surface area contributed by atoms with Gasteiger partial charge in [0.1, 0.15) is 36.2 Å². The molecule has 0 amide bonds. The zero-order valence-electron chi connectivity index (χ0n) is 42.2.